The molecular formula is C24H36N2O4. The van der Waals surface area contributed by atoms with Crippen LogP contribution in [0.1, 0.15) is 37.7 Å². The van der Waals surface area contributed by atoms with Crippen LogP contribution in [-0.2, 0) is 11.3 Å². The van der Waals surface area contributed by atoms with Gasteiger partial charge in [0.25, 0.3) is 0 Å². The molecule has 166 valence electrons. The van der Waals surface area contributed by atoms with Gasteiger partial charge in [-0.2, -0.15) is 0 Å². The Labute approximate surface area is 180 Å². The molecule has 0 radical (unpaired) electrons. The van der Waals surface area contributed by atoms with Crippen molar-refractivity contribution in [1.29, 1.82) is 0 Å². The molecule has 0 aromatic heterocycles. The molecule has 2 saturated carbocycles. The standard InChI is InChI=1S/C24H36N2O4/c27-22(16-28-10-5-21-12-18-1-3-20(21)11-18)15-26-8-6-25(7-9-26)14-19-2-4-23-24(13-19)30-17-29-23/h2,4,13,18,20-22,27H,1,3,5-12,14-17H2. The summed E-state index contributed by atoms with van der Waals surface area (Å²) in [6, 6.07) is 6.21. The van der Waals surface area contributed by atoms with E-state index in [1.165, 1.54) is 37.7 Å². The van der Waals surface area contributed by atoms with Gasteiger partial charge in [-0.1, -0.05) is 12.5 Å². The lowest BCUT2D eigenvalue weighted by Crippen LogP contribution is -2.48. The Balaban J connectivity index is 0.960. The Morgan fingerprint density at radius 2 is 1.87 bits per heavy atom. The van der Waals surface area contributed by atoms with Crippen molar-refractivity contribution in [1.82, 2.24) is 9.80 Å². The number of aliphatic hydroxyl groups is 1. The van der Waals surface area contributed by atoms with Crippen molar-refractivity contribution >= 4 is 0 Å². The van der Waals surface area contributed by atoms with Crippen molar-refractivity contribution in [2.45, 2.75) is 44.8 Å². The third kappa shape index (κ3) is 4.93. The van der Waals surface area contributed by atoms with Crippen molar-refractivity contribution in [2.24, 2.45) is 17.8 Å². The highest BCUT2D eigenvalue weighted by molar-refractivity contribution is 5.44. The Morgan fingerprint density at radius 3 is 2.67 bits per heavy atom. The minimum Gasteiger partial charge on any atom is -0.454 e. The lowest BCUT2D eigenvalue weighted by molar-refractivity contribution is 0.00187. The first-order chi connectivity index (χ1) is 14.7. The topological polar surface area (TPSA) is 54.4 Å². The fourth-order valence-electron chi connectivity index (χ4n) is 5.96. The Kier molecular flexibility index (Phi) is 6.46. The van der Waals surface area contributed by atoms with Crippen LogP contribution in [0.4, 0.5) is 0 Å². The highest BCUT2D eigenvalue weighted by Gasteiger charge is 2.38. The predicted octanol–water partition coefficient (Wildman–Crippen LogP) is 2.74. The number of hydrogen-bond donors (Lipinski definition) is 1. The second-order valence-electron chi connectivity index (χ2n) is 9.72. The van der Waals surface area contributed by atoms with Crippen LogP contribution in [-0.4, -0.2) is 73.7 Å². The molecule has 1 aromatic carbocycles. The van der Waals surface area contributed by atoms with Crippen LogP contribution >= 0.6 is 0 Å². The van der Waals surface area contributed by atoms with E-state index in [0.717, 1.165) is 68.6 Å². The molecule has 1 N–H and O–H groups in total. The molecule has 2 aliphatic carbocycles. The van der Waals surface area contributed by atoms with Gasteiger partial charge < -0.3 is 19.3 Å². The molecule has 6 heteroatoms. The van der Waals surface area contributed by atoms with Gasteiger partial charge in [0, 0.05) is 45.9 Å². The van der Waals surface area contributed by atoms with E-state index in [-0.39, 0.29) is 6.10 Å². The minimum atomic E-state index is -0.384. The van der Waals surface area contributed by atoms with Gasteiger partial charge in [-0.25, -0.2) is 0 Å². The first-order valence-corrected chi connectivity index (χ1v) is 11.8. The van der Waals surface area contributed by atoms with Crippen molar-refractivity contribution in [3.05, 3.63) is 23.8 Å². The maximum absolute atomic E-state index is 10.4. The summed E-state index contributed by atoms with van der Waals surface area (Å²) in [5.74, 6) is 4.57. The lowest BCUT2D eigenvalue weighted by atomic mass is 9.87. The number of nitrogens with zero attached hydrogens (tertiary/aromatic N) is 2. The number of rotatable bonds is 9. The summed E-state index contributed by atoms with van der Waals surface area (Å²) >= 11 is 0. The monoisotopic (exact) mass is 416 g/mol. The first kappa shape index (κ1) is 20.6. The molecule has 4 unspecified atom stereocenters. The van der Waals surface area contributed by atoms with Crippen molar-refractivity contribution in [3.63, 3.8) is 0 Å². The van der Waals surface area contributed by atoms with Crippen molar-refractivity contribution < 1.29 is 19.3 Å². The quantitative estimate of drug-likeness (QED) is 0.625. The summed E-state index contributed by atoms with van der Waals surface area (Å²) in [6.45, 7) is 7.28. The van der Waals surface area contributed by atoms with E-state index in [0.29, 0.717) is 19.9 Å². The van der Waals surface area contributed by atoms with Crippen LogP contribution in [0.25, 0.3) is 0 Å². The average Bonchev–Trinajstić information content (AvgIpc) is 3.49. The molecule has 4 aliphatic rings. The van der Waals surface area contributed by atoms with Gasteiger partial charge in [0.05, 0.1) is 12.7 Å². The fraction of sp³-hybridized carbons (Fsp3) is 0.750. The molecule has 2 bridgehead atoms. The lowest BCUT2D eigenvalue weighted by Gasteiger charge is -2.35. The largest absolute Gasteiger partial charge is 0.454 e. The second kappa shape index (κ2) is 9.43. The molecule has 0 spiro atoms. The van der Waals surface area contributed by atoms with Gasteiger partial charge in [-0.3, -0.25) is 9.80 Å². The predicted molar refractivity (Wildman–Crippen MR) is 115 cm³/mol. The Bertz CT molecular complexity index is 706. The third-order valence-corrected chi connectivity index (χ3v) is 7.60. The van der Waals surface area contributed by atoms with E-state index in [1.54, 1.807) is 0 Å². The van der Waals surface area contributed by atoms with Gasteiger partial charge in [0.1, 0.15) is 0 Å². The normalized spacial score (nSPS) is 29.6. The highest BCUT2D eigenvalue weighted by atomic mass is 16.7. The summed E-state index contributed by atoms with van der Waals surface area (Å²) in [7, 11) is 0. The molecule has 2 aliphatic heterocycles. The van der Waals surface area contributed by atoms with E-state index in [2.05, 4.69) is 21.9 Å². The molecular weight excluding hydrogens is 380 g/mol. The number of aliphatic hydroxyl groups excluding tert-OH is 1. The summed E-state index contributed by atoms with van der Waals surface area (Å²) in [5, 5.41) is 10.4. The SMILES string of the molecule is OC(COCCC1CC2CCC1C2)CN1CCN(Cc2ccc3c(c2)OCO3)CC1. The minimum absolute atomic E-state index is 0.324. The first-order valence-electron chi connectivity index (χ1n) is 11.8. The number of ether oxygens (including phenoxy) is 3. The van der Waals surface area contributed by atoms with Crippen LogP contribution in [0.5, 0.6) is 11.5 Å². The highest BCUT2D eigenvalue weighted by Crippen LogP contribution is 2.49. The zero-order valence-electron chi connectivity index (χ0n) is 18.0. The molecule has 0 amide bonds. The Hall–Kier alpha value is -1.34. The average molecular weight is 417 g/mol. The number of hydrogen-bond acceptors (Lipinski definition) is 6. The van der Waals surface area contributed by atoms with Crippen LogP contribution in [0.15, 0.2) is 18.2 Å². The summed E-state index contributed by atoms with van der Waals surface area (Å²) in [6.07, 6.45) is 6.60. The van der Waals surface area contributed by atoms with E-state index in [9.17, 15) is 5.11 Å². The van der Waals surface area contributed by atoms with E-state index < -0.39 is 0 Å². The number of fused-ring (bicyclic) bond motifs is 3. The molecule has 1 saturated heterocycles. The maximum Gasteiger partial charge on any atom is 0.231 e. The van der Waals surface area contributed by atoms with Gasteiger partial charge >= 0.3 is 0 Å². The Morgan fingerprint density at radius 1 is 1.03 bits per heavy atom. The molecule has 30 heavy (non-hydrogen) atoms. The smallest absolute Gasteiger partial charge is 0.231 e. The molecule has 2 heterocycles. The maximum atomic E-state index is 10.4. The molecule has 6 nitrogen and oxygen atoms in total. The van der Waals surface area contributed by atoms with Crippen LogP contribution in [0.3, 0.4) is 0 Å². The third-order valence-electron chi connectivity index (χ3n) is 7.60. The molecule has 3 fully saturated rings. The zero-order valence-corrected chi connectivity index (χ0v) is 18.0. The number of β-amino-alcohol motifs (C(OH)–C–C–N with tert-alkyl or cyclic N) is 1. The second-order valence-corrected chi connectivity index (χ2v) is 9.72. The molecule has 4 atom stereocenters. The van der Waals surface area contributed by atoms with Gasteiger partial charge in [0.2, 0.25) is 6.79 Å². The van der Waals surface area contributed by atoms with E-state index in [1.807, 2.05) is 6.07 Å². The summed E-state index contributed by atoms with van der Waals surface area (Å²) < 4.78 is 16.7. The summed E-state index contributed by atoms with van der Waals surface area (Å²) in [5.41, 5.74) is 1.26. The number of benzene rings is 1. The van der Waals surface area contributed by atoms with E-state index in [4.69, 9.17) is 14.2 Å². The zero-order chi connectivity index (χ0) is 20.3. The van der Waals surface area contributed by atoms with E-state index >= 15 is 0 Å². The van der Waals surface area contributed by atoms with Crippen LogP contribution < -0.4 is 9.47 Å². The van der Waals surface area contributed by atoms with Gasteiger partial charge in [-0.05, 0) is 61.1 Å². The molecule has 5 rings (SSSR count). The fourth-order valence-corrected chi connectivity index (χ4v) is 5.96. The molecule has 1 aromatic rings. The van der Waals surface area contributed by atoms with Crippen molar-refractivity contribution in [2.75, 3.05) is 52.7 Å². The van der Waals surface area contributed by atoms with Crippen LogP contribution in [0.2, 0.25) is 0 Å². The number of piperazine rings is 1. The summed E-state index contributed by atoms with van der Waals surface area (Å²) in [4.78, 5) is 4.83. The van der Waals surface area contributed by atoms with Crippen LogP contribution in [0, 0.1) is 17.8 Å². The van der Waals surface area contributed by atoms with Crippen molar-refractivity contribution in [3.8, 4) is 11.5 Å². The van der Waals surface area contributed by atoms with Gasteiger partial charge in [0.15, 0.2) is 11.5 Å². The van der Waals surface area contributed by atoms with Gasteiger partial charge in [-0.15, -0.1) is 0 Å².